The predicted molar refractivity (Wildman–Crippen MR) is 46.8 cm³/mol. The molecule has 1 atom stereocenters. The molecule has 0 unspecified atom stereocenters. The number of nitrogens with two attached hydrogens (primary N) is 1. The predicted octanol–water partition coefficient (Wildman–Crippen LogP) is 1.07. The van der Waals surface area contributed by atoms with Crippen LogP contribution in [0.25, 0.3) is 0 Å². The molecular formula is C9H10N2O. The van der Waals surface area contributed by atoms with Crippen LogP contribution in [0.4, 0.5) is 0 Å². The minimum absolute atomic E-state index is 0.0196. The molecule has 0 radical (unpaired) electrons. The van der Waals surface area contributed by atoms with Crippen molar-refractivity contribution in [1.29, 1.82) is 0 Å². The highest BCUT2D eigenvalue weighted by Crippen LogP contribution is 2.20. The summed E-state index contributed by atoms with van der Waals surface area (Å²) in [5, 5.41) is 0. The maximum atomic E-state index is 5.39. The maximum absolute atomic E-state index is 5.39. The first-order valence-electron chi connectivity index (χ1n) is 3.88. The second-order valence-corrected chi connectivity index (χ2v) is 2.70. The Morgan fingerprint density at radius 2 is 2.08 bits per heavy atom. The number of benzene rings is 1. The molecule has 0 bridgehead atoms. The molecule has 1 aromatic rings. The zero-order valence-electron chi connectivity index (χ0n) is 6.60. The molecule has 0 saturated heterocycles. The maximum Gasteiger partial charge on any atom is 0.282 e. The molecule has 1 aliphatic rings. The zero-order valence-corrected chi connectivity index (χ0v) is 6.60. The third-order valence-electron chi connectivity index (χ3n) is 1.85. The van der Waals surface area contributed by atoms with Gasteiger partial charge in [0.15, 0.2) is 0 Å². The molecule has 0 spiro atoms. The van der Waals surface area contributed by atoms with Crippen molar-refractivity contribution < 1.29 is 4.74 Å². The third-order valence-corrected chi connectivity index (χ3v) is 1.85. The molecule has 62 valence electrons. The molecule has 0 amide bonds. The quantitative estimate of drug-likeness (QED) is 0.671. The van der Waals surface area contributed by atoms with E-state index in [2.05, 4.69) is 4.99 Å². The Balaban J connectivity index is 2.14. The number of rotatable bonds is 1. The minimum atomic E-state index is 0.0196. The number of ether oxygens (including phenoxy) is 1. The molecule has 3 heteroatoms. The summed E-state index contributed by atoms with van der Waals surface area (Å²) >= 11 is 0. The van der Waals surface area contributed by atoms with Gasteiger partial charge in [-0.05, 0) is 5.56 Å². The van der Waals surface area contributed by atoms with E-state index in [0.717, 1.165) is 5.56 Å². The fourth-order valence-corrected chi connectivity index (χ4v) is 1.23. The molecule has 0 aliphatic carbocycles. The van der Waals surface area contributed by atoms with Gasteiger partial charge < -0.3 is 10.5 Å². The van der Waals surface area contributed by atoms with Gasteiger partial charge in [-0.25, -0.2) is 4.99 Å². The molecule has 0 aromatic heterocycles. The van der Waals surface area contributed by atoms with Gasteiger partial charge in [-0.2, -0.15) is 0 Å². The summed E-state index contributed by atoms with van der Waals surface area (Å²) in [5.74, 6) is 0. The SMILES string of the molecule is NC1=NC[C@@H](c2ccccc2)O1. The zero-order chi connectivity index (χ0) is 8.39. The lowest BCUT2D eigenvalue weighted by Crippen LogP contribution is -2.12. The highest BCUT2D eigenvalue weighted by Gasteiger charge is 2.18. The van der Waals surface area contributed by atoms with Crippen LogP contribution in [-0.2, 0) is 4.74 Å². The van der Waals surface area contributed by atoms with E-state index in [1.54, 1.807) is 0 Å². The lowest BCUT2D eigenvalue weighted by Gasteiger charge is -2.08. The fourth-order valence-electron chi connectivity index (χ4n) is 1.23. The van der Waals surface area contributed by atoms with E-state index in [4.69, 9.17) is 10.5 Å². The number of hydrogen-bond acceptors (Lipinski definition) is 3. The highest BCUT2D eigenvalue weighted by molar-refractivity contribution is 5.73. The molecule has 0 saturated carbocycles. The lowest BCUT2D eigenvalue weighted by atomic mass is 10.1. The average molecular weight is 162 g/mol. The standard InChI is InChI=1S/C9H10N2O/c10-9-11-6-8(12-9)7-4-2-1-3-5-7/h1-5,8H,6H2,(H2,10,11)/t8-/m0/s1. The number of aliphatic imine (C=N–C) groups is 1. The van der Waals surface area contributed by atoms with Crippen molar-refractivity contribution in [2.24, 2.45) is 10.7 Å². The van der Waals surface area contributed by atoms with E-state index in [1.807, 2.05) is 30.3 Å². The topological polar surface area (TPSA) is 47.6 Å². The lowest BCUT2D eigenvalue weighted by molar-refractivity contribution is 0.226. The molecule has 2 rings (SSSR count). The van der Waals surface area contributed by atoms with E-state index in [1.165, 1.54) is 0 Å². The van der Waals surface area contributed by atoms with Crippen LogP contribution in [0.1, 0.15) is 11.7 Å². The Hall–Kier alpha value is -1.51. The first-order valence-corrected chi connectivity index (χ1v) is 3.88. The summed E-state index contributed by atoms with van der Waals surface area (Å²) in [4.78, 5) is 3.97. The second-order valence-electron chi connectivity index (χ2n) is 2.70. The Morgan fingerprint density at radius 1 is 1.33 bits per heavy atom. The van der Waals surface area contributed by atoms with E-state index >= 15 is 0 Å². The van der Waals surface area contributed by atoms with Crippen molar-refractivity contribution in [3.8, 4) is 0 Å². The van der Waals surface area contributed by atoms with Crippen molar-refractivity contribution in [2.45, 2.75) is 6.10 Å². The van der Waals surface area contributed by atoms with Crippen molar-refractivity contribution >= 4 is 6.02 Å². The molecule has 1 heterocycles. The summed E-state index contributed by atoms with van der Waals surface area (Å²) in [6.07, 6.45) is 0.0196. The molecule has 3 nitrogen and oxygen atoms in total. The van der Waals surface area contributed by atoms with E-state index in [9.17, 15) is 0 Å². The minimum Gasteiger partial charge on any atom is -0.455 e. The van der Waals surface area contributed by atoms with Crippen LogP contribution >= 0.6 is 0 Å². The van der Waals surface area contributed by atoms with Crippen molar-refractivity contribution in [3.63, 3.8) is 0 Å². The monoisotopic (exact) mass is 162 g/mol. The van der Waals surface area contributed by atoms with Gasteiger partial charge in [-0.15, -0.1) is 0 Å². The third kappa shape index (κ3) is 1.25. The van der Waals surface area contributed by atoms with E-state index < -0.39 is 0 Å². The summed E-state index contributed by atoms with van der Waals surface area (Å²) in [5.41, 5.74) is 6.52. The summed E-state index contributed by atoms with van der Waals surface area (Å²) < 4.78 is 5.28. The first kappa shape index (κ1) is 7.16. The number of nitrogens with zero attached hydrogens (tertiary/aromatic N) is 1. The number of hydrogen-bond donors (Lipinski definition) is 1. The van der Waals surface area contributed by atoms with Crippen LogP contribution in [0, 0.1) is 0 Å². The Kier molecular flexibility index (Phi) is 1.70. The van der Waals surface area contributed by atoms with Gasteiger partial charge in [0.1, 0.15) is 6.10 Å². The van der Waals surface area contributed by atoms with Crippen molar-refractivity contribution in [3.05, 3.63) is 35.9 Å². The van der Waals surface area contributed by atoms with Gasteiger partial charge in [0.05, 0.1) is 6.54 Å². The number of amidine groups is 1. The van der Waals surface area contributed by atoms with Gasteiger partial charge in [-0.1, -0.05) is 30.3 Å². The molecule has 1 aliphatic heterocycles. The smallest absolute Gasteiger partial charge is 0.282 e. The van der Waals surface area contributed by atoms with E-state index in [0.29, 0.717) is 12.6 Å². The van der Waals surface area contributed by atoms with Crippen LogP contribution in [0.3, 0.4) is 0 Å². The van der Waals surface area contributed by atoms with Crippen LogP contribution in [0.15, 0.2) is 35.3 Å². The molecule has 0 fully saturated rings. The Morgan fingerprint density at radius 3 is 2.67 bits per heavy atom. The van der Waals surface area contributed by atoms with Gasteiger partial charge in [0.2, 0.25) is 0 Å². The van der Waals surface area contributed by atoms with Crippen LogP contribution in [0.5, 0.6) is 0 Å². The van der Waals surface area contributed by atoms with Crippen LogP contribution in [-0.4, -0.2) is 12.6 Å². The van der Waals surface area contributed by atoms with Gasteiger partial charge in [0, 0.05) is 0 Å². The Labute approximate surface area is 70.9 Å². The average Bonchev–Trinajstić information content (AvgIpc) is 2.54. The second kappa shape index (κ2) is 2.85. The van der Waals surface area contributed by atoms with Crippen molar-refractivity contribution in [1.82, 2.24) is 0 Å². The summed E-state index contributed by atoms with van der Waals surface area (Å²) in [6.45, 7) is 0.635. The molecule has 1 aromatic carbocycles. The molecular weight excluding hydrogens is 152 g/mol. The van der Waals surface area contributed by atoms with Crippen molar-refractivity contribution in [2.75, 3.05) is 6.54 Å². The normalized spacial score (nSPS) is 21.7. The highest BCUT2D eigenvalue weighted by atomic mass is 16.5. The fraction of sp³-hybridized carbons (Fsp3) is 0.222. The summed E-state index contributed by atoms with van der Waals surface area (Å²) in [7, 11) is 0. The molecule has 2 N–H and O–H groups in total. The van der Waals surface area contributed by atoms with E-state index in [-0.39, 0.29) is 6.10 Å². The van der Waals surface area contributed by atoms with Gasteiger partial charge in [-0.3, -0.25) is 0 Å². The summed E-state index contributed by atoms with van der Waals surface area (Å²) in [6, 6.07) is 10.3. The van der Waals surface area contributed by atoms with Crippen LogP contribution < -0.4 is 5.73 Å². The van der Waals surface area contributed by atoms with Crippen LogP contribution in [0.2, 0.25) is 0 Å². The van der Waals surface area contributed by atoms with Gasteiger partial charge >= 0.3 is 0 Å². The largest absolute Gasteiger partial charge is 0.455 e. The first-order chi connectivity index (χ1) is 5.86. The molecule has 12 heavy (non-hydrogen) atoms. The van der Waals surface area contributed by atoms with Gasteiger partial charge in [0.25, 0.3) is 6.02 Å². The Bertz CT molecular complexity index is 295.